The highest BCUT2D eigenvalue weighted by molar-refractivity contribution is 5.82. The predicted octanol–water partition coefficient (Wildman–Crippen LogP) is 2.04. The lowest BCUT2D eigenvalue weighted by molar-refractivity contribution is -0.147. The van der Waals surface area contributed by atoms with Crippen LogP contribution < -0.4 is 5.32 Å². The Hall–Kier alpha value is -1.06. The first-order valence-corrected chi connectivity index (χ1v) is 6.24. The van der Waals surface area contributed by atoms with E-state index >= 15 is 0 Å². The molecule has 0 aromatic heterocycles. The molecule has 0 heterocycles. The van der Waals surface area contributed by atoms with Crippen molar-refractivity contribution in [3.8, 4) is 0 Å². The molecular weight excluding hydrogens is 218 g/mol. The lowest BCUT2D eigenvalue weighted by Crippen LogP contribution is -2.33. The van der Waals surface area contributed by atoms with Gasteiger partial charge in [-0.2, -0.15) is 0 Å². The standard InChI is InChI=1S/C13H23NO3/c1-5-13(4)8-9(13)10(15)14-7-6-12(2,3)11(16)17/h9H,5-8H2,1-4H3,(H,14,15)(H,16,17). The molecule has 2 atom stereocenters. The van der Waals surface area contributed by atoms with Gasteiger partial charge in [0.1, 0.15) is 0 Å². The lowest BCUT2D eigenvalue weighted by atomic mass is 9.89. The van der Waals surface area contributed by atoms with E-state index in [1.54, 1.807) is 13.8 Å². The number of amides is 1. The summed E-state index contributed by atoms with van der Waals surface area (Å²) in [5, 5.41) is 11.8. The van der Waals surface area contributed by atoms with E-state index in [2.05, 4.69) is 19.2 Å². The molecule has 98 valence electrons. The molecule has 1 aliphatic rings. The van der Waals surface area contributed by atoms with Crippen molar-refractivity contribution in [1.29, 1.82) is 0 Å². The minimum Gasteiger partial charge on any atom is -0.481 e. The highest BCUT2D eigenvalue weighted by Crippen LogP contribution is 2.54. The van der Waals surface area contributed by atoms with Gasteiger partial charge in [-0.1, -0.05) is 13.8 Å². The van der Waals surface area contributed by atoms with Crippen LogP contribution >= 0.6 is 0 Å². The van der Waals surface area contributed by atoms with Crippen LogP contribution in [0, 0.1) is 16.7 Å². The normalized spacial score (nSPS) is 27.6. The topological polar surface area (TPSA) is 66.4 Å². The van der Waals surface area contributed by atoms with Crippen LogP contribution in [0.2, 0.25) is 0 Å². The molecule has 0 spiro atoms. The van der Waals surface area contributed by atoms with Gasteiger partial charge in [-0.15, -0.1) is 0 Å². The van der Waals surface area contributed by atoms with Gasteiger partial charge in [0, 0.05) is 12.5 Å². The van der Waals surface area contributed by atoms with Crippen LogP contribution in [0.25, 0.3) is 0 Å². The van der Waals surface area contributed by atoms with Gasteiger partial charge < -0.3 is 10.4 Å². The summed E-state index contributed by atoms with van der Waals surface area (Å²) in [7, 11) is 0. The van der Waals surface area contributed by atoms with E-state index in [0.29, 0.717) is 13.0 Å². The number of aliphatic carboxylic acids is 1. The van der Waals surface area contributed by atoms with Crippen LogP contribution in [0.15, 0.2) is 0 Å². The Balaban J connectivity index is 2.29. The van der Waals surface area contributed by atoms with Crippen molar-refractivity contribution >= 4 is 11.9 Å². The zero-order valence-electron chi connectivity index (χ0n) is 11.2. The van der Waals surface area contributed by atoms with E-state index in [4.69, 9.17) is 5.11 Å². The van der Waals surface area contributed by atoms with Gasteiger partial charge in [0.15, 0.2) is 0 Å². The maximum Gasteiger partial charge on any atom is 0.309 e. The summed E-state index contributed by atoms with van der Waals surface area (Å²) in [5.41, 5.74) is -0.600. The molecule has 2 unspecified atom stereocenters. The van der Waals surface area contributed by atoms with Crippen molar-refractivity contribution in [2.75, 3.05) is 6.54 Å². The molecule has 4 heteroatoms. The van der Waals surface area contributed by atoms with Gasteiger partial charge in [0.05, 0.1) is 5.41 Å². The van der Waals surface area contributed by atoms with Gasteiger partial charge in [0.25, 0.3) is 0 Å². The molecule has 4 nitrogen and oxygen atoms in total. The zero-order valence-corrected chi connectivity index (χ0v) is 11.2. The summed E-state index contributed by atoms with van der Waals surface area (Å²) in [6, 6.07) is 0. The number of rotatable bonds is 6. The summed E-state index contributed by atoms with van der Waals surface area (Å²) in [6.07, 6.45) is 2.44. The largest absolute Gasteiger partial charge is 0.481 e. The zero-order chi connectivity index (χ0) is 13.3. The minimum atomic E-state index is -0.823. The molecule has 0 aliphatic heterocycles. The summed E-state index contributed by atoms with van der Waals surface area (Å²) in [6.45, 7) is 8.01. The van der Waals surface area contributed by atoms with Gasteiger partial charge in [0.2, 0.25) is 5.91 Å². The van der Waals surface area contributed by atoms with Crippen molar-refractivity contribution in [3.05, 3.63) is 0 Å². The maximum atomic E-state index is 11.8. The van der Waals surface area contributed by atoms with Crippen molar-refractivity contribution < 1.29 is 14.7 Å². The molecule has 2 N–H and O–H groups in total. The third kappa shape index (κ3) is 3.20. The SMILES string of the molecule is CCC1(C)CC1C(=O)NCCC(C)(C)C(=O)O. The molecule has 0 aromatic rings. The van der Waals surface area contributed by atoms with Crippen LogP contribution in [0.3, 0.4) is 0 Å². The van der Waals surface area contributed by atoms with Crippen LogP contribution in [-0.2, 0) is 9.59 Å². The van der Waals surface area contributed by atoms with Gasteiger partial charge in [-0.3, -0.25) is 9.59 Å². The molecule has 17 heavy (non-hydrogen) atoms. The fraction of sp³-hybridized carbons (Fsp3) is 0.846. The summed E-state index contributed by atoms with van der Waals surface area (Å²) in [4.78, 5) is 22.7. The predicted molar refractivity (Wildman–Crippen MR) is 65.5 cm³/mol. The Morgan fingerprint density at radius 1 is 1.47 bits per heavy atom. The van der Waals surface area contributed by atoms with Crippen LogP contribution in [-0.4, -0.2) is 23.5 Å². The van der Waals surface area contributed by atoms with E-state index in [0.717, 1.165) is 12.8 Å². The minimum absolute atomic E-state index is 0.0792. The average molecular weight is 241 g/mol. The molecule has 1 rings (SSSR count). The number of nitrogens with one attached hydrogen (secondary N) is 1. The summed E-state index contributed by atoms with van der Waals surface area (Å²) < 4.78 is 0. The molecule has 1 amide bonds. The third-order valence-corrected chi connectivity index (χ3v) is 4.10. The van der Waals surface area contributed by atoms with E-state index < -0.39 is 11.4 Å². The van der Waals surface area contributed by atoms with E-state index in [-0.39, 0.29) is 17.2 Å². The van der Waals surface area contributed by atoms with Gasteiger partial charge in [-0.05, 0) is 38.5 Å². The summed E-state index contributed by atoms with van der Waals surface area (Å²) >= 11 is 0. The Labute approximate surface area is 103 Å². The second-order valence-electron chi connectivity index (χ2n) is 5.99. The third-order valence-electron chi connectivity index (χ3n) is 4.10. The Kier molecular flexibility index (Phi) is 3.84. The molecule has 1 saturated carbocycles. The molecule has 0 saturated heterocycles. The number of carbonyl (C=O) groups is 2. The number of hydrogen-bond acceptors (Lipinski definition) is 2. The van der Waals surface area contributed by atoms with Crippen LogP contribution in [0.1, 0.15) is 47.0 Å². The monoisotopic (exact) mass is 241 g/mol. The first-order valence-electron chi connectivity index (χ1n) is 6.24. The summed E-state index contributed by atoms with van der Waals surface area (Å²) in [5.74, 6) is -0.618. The second-order valence-corrected chi connectivity index (χ2v) is 5.99. The highest BCUT2D eigenvalue weighted by atomic mass is 16.4. The second kappa shape index (κ2) is 4.67. The number of carboxylic acid groups (broad SMARTS) is 1. The van der Waals surface area contributed by atoms with Crippen molar-refractivity contribution in [2.45, 2.75) is 47.0 Å². The molecule has 0 radical (unpaired) electrons. The van der Waals surface area contributed by atoms with Crippen LogP contribution in [0.4, 0.5) is 0 Å². The molecule has 0 aromatic carbocycles. The van der Waals surface area contributed by atoms with E-state index in [9.17, 15) is 9.59 Å². The fourth-order valence-corrected chi connectivity index (χ4v) is 1.94. The number of hydrogen-bond donors (Lipinski definition) is 2. The first-order chi connectivity index (χ1) is 7.73. The van der Waals surface area contributed by atoms with Gasteiger partial charge >= 0.3 is 5.97 Å². The Bertz CT molecular complexity index is 325. The fourth-order valence-electron chi connectivity index (χ4n) is 1.94. The van der Waals surface area contributed by atoms with Crippen LogP contribution in [0.5, 0.6) is 0 Å². The van der Waals surface area contributed by atoms with E-state index in [1.807, 2.05) is 0 Å². The molecule has 1 fully saturated rings. The van der Waals surface area contributed by atoms with E-state index in [1.165, 1.54) is 0 Å². The number of carbonyl (C=O) groups excluding carboxylic acids is 1. The highest BCUT2D eigenvalue weighted by Gasteiger charge is 2.52. The van der Waals surface area contributed by atoms with Crippen molar-refractivity contribution in [1.82, 2.24) is 5.32 Å². The van der Waals surface area contributed by atoms with Crippen molar-refractivity contribution in [3.63, 3.8) is 0 Å². The smallest absolute Gasteiger partial charge is 0.309 e. The quantitative estimate of drug-likeness (QED) is 0.748. The Morgan fingerprint density at radius 2 is 2.06 bits per heavy atom. The van der Waals surface area contributed by atoms with Gasteiger partial charge in [-0.25, -0.2) is 0 Å². The molecular formula is C13H23NO3. The molecule has 1 aliphatic carbocycles. The molecule has 0 bridgehead atoms. The van der Waals surface area contributed by atoms with Crippen molar-refractivity contribution in [2.24, 2.45) is 16.7 Å². The lowest BCUT2D eigenvalue weighted by Gasteiger charge is -2.19. The Morgan fingerprint density at radius 3 is 2.47 bits per heavy atom. The first kappa shape index (κ1) is 14.0. The number of carboxylic acids is 1. The average Bonchev–Trinajstić information content (AvgIpc) is 2.91. The maximum absolute atomic E-state index is 11.8.